The third-order valence-electron chi connectivity index (χ3n) is 5.79. The molecule has 2 N–H and O–H groups in total. The van der Waals surface area contributed by atoms with Gasteiger partial charge in [0.2, 0.25) is 5.78 Å². The van der Waals surface area contributed by atoms with Gasteiger partial charge in [-0.1, -0.05) is 0 Å². The average Bonchev–Trinajstić information content (AvgIpc) is 3.31. The van der Waals surface area contributed by atoms with Gasteiger partial charge in [-0.25, -0.2) is 4.98 Å². The zero-order valence-corrected chi connectivity index (χ0v) is 16.4. The van der Waals surface area contributed by atoms with Crippen molar-refractivity contribution in [3.63, 3.8) is 0 Å². The van der Waals surface area contributed by atoms with E-state index in [-0.39, 0.29) is 5.78 Å². The zero-order valence-electron chi connectivity index (χ0n) is 16.4. The van der Waals surface area contributed by atoms with Crippen molar-refractivity contribution in [2.45, 2.75) is 19.1 Å². The van der Waals surface area contributed by atoms with E-state index in [9.17, 15) is 4.79 Å². The largest absolute Gasteiger partial charge is 0.496 e. The molecule has 0 radical (unpaired) electrons. The van der Waals surface area contributed by atoms with Crippen molar-refractivity contribution < 1.29 is 14.3 Å². The number of hydrogen-bond donors (Lipinski definition) is 2. The van der Waals surface area contributed by atoms with Crippen LogP contribution in [0, 0.1) is 0 Å². The Kier molecular flexibility index (Phi) is 4.69. The van der Waals surface area contributed by atoms with Crippen molar-refractivity contribution in [2.75, 3.05) is 33.3 Å². The minimum Gasteiger partial charge on any atom is -0.496 e. The van der Waals surface area contributed by atoms with Gasteiger partial charge in [0.1, 0.15) is 17.1 Å². The van der Waals surface area contributed by atoms with Crippen molar-refractivity contribution in [2.24, 2.45) is 0 Å². The van der Waals surface area contributed by atoms with Gasteiger partial charge in [0.25, 0.3) is 0 Å². The molecule has 0 bridgehead atoms. The first-order chi connectivity index (χ1) is 14.2. The third-order valence-corrected chi connectivity index (χ3v) is 5.79. The van der Waals surface area contributed by atoms with E-state index in [1.165, 1.54) is 0 Å². The van der Waals surface area contributed by atoms with Crippen LogP contribution in [0.15, 0.2) is 36.7 Å². The summed E-state index contributed by atoms with van der Waals surface area (Å²) in [6, 6.07) is 7.63. The number of ether oxygens (including phenoxy) is 2. The number of hydrogen-bond acceptors (Lipinski definition) is 6. The highest BCUT2D eigenvalue weighted by Crippen LogP contribution is 2.40. The molecule has 5 rings (SSSR count). The van der Waals surface area contributed by atoms with Crippen LogP contribution in [-0.4, -0.2) is 60.0 Å². The van der Waals surface area contributed by atoms with Gasteiger partial charge in [-0.05, 0) is 29.8 Å². The Labute approximate surface area is 169 Å². The smallest absolute Gasteiger partial charge is 0.207 e. The molecule has 2 aromatic heterocycles. The first kappa shape index (κ1) is 18.1. The maximum absolute atomic E-state index is 13.1. The Morgan fingerprint density at radius 3 is 2.97 bits per heavy atom. The number of carbonyl (C=O) groups excluding carboxylic acids is 1. The fraction of sp³-hybridized carbons (Fsp3) is 0.364. The maximum atomic E-state index is 13.1. The summed E-state index contributed by atoms with van der Waals surface area (Å²) in [6.45, 7) is 4.58. The molecule has 1 unspecified atom stereocenters. The molecule has 1 fully saturated rings. The van der Waals surface area contributed by atoms with E-state index in [4.69, 9.17) is 9.47 Å². The number of fused-ring (bicyclic) bond motifs is 2. The third kappa shape index (κ3) is 3.26. The summed E-state index contributed by atoms with van der Waals surface area (Å²) in [5, 5.41) is 4.39. The highest BCUT2D eigenvalue weighted by Gasteiger charge is 2.36. The fourth-order valence-corrected chi connectivity index (χ4v) is 4.26. The Morgan fingerprint density at radius 2 is 2.14 bits per heavy atom. The molecule has 7 heteroatoms. The predicted molar refractivity (Wildman–Crippen MR) is 110 cm³/mol. The second kappa shape index (κ2) is 7.50. The summed E-state index contributed by atoms with van der Waals surface area (Å²) in [6.07, 6.45) is 3.65. The van der Waals surface area contributed by atoms with Crippen LogP contribution in [0.5, 0.6) is 11.5 Å². The van der Waals surface area contributed by atoms with Crippen LogP contribution in [0.2, 0.25) is 0 Å². The molecule has 0 amide bonds. The molecule has 1 aromatic carbocycles. The van der Waals surface area contributed by atoms with E-state index in [0.717, 1.165) is 54.1 Å². The normalized spacial score (nSPS) is 19.3. The molecule has 29 heavy (non-hydrogen) atoms. The van der Waals surface area contributed by atoms with E-state index in [1.54, 1.807) is 13.3 Å². The van der Waals surface area contributed by atoms with E-state index in [0.29, 0.717) is 24.3 Å². The summed E-state index contributed by atoms with van der Waals surface area (Å²) >= 11 is 0. The highest BCUT2D eigenvalue weighted by molar-refractivity contribution is 6.05. The van der Waals surface area contributed by atoms with Gasteiger partial charge in [0.05, 0.1) is 18.2 Å². The van der Waals surface area contributed by atoms with Crippen molar-refractivity contribution >= 4 is 16.8 Å². The van der Waals surface area contributed by atoms with E-state index in [2.05, 4.69) is 20.2 Å². The summed E-state index contributed by atoms with van der Waals surface area (Å²) < 4.78 is 11.8. The van der Waals surface area contributed by atoms with Gasteiger partial charge in [0.15, 0.2) is 6.10 Å². The van der Waals surface area contributed by atoms with Gasteiger partial charge >= 0.3 is 0 Å². The Balaban J connectivity index is 1.44. The van der Waals surface area contributed by atoms with Crippen LogP contribution in [0.3, 0.4) is 0 Å². The molecule has 2 aliphatic heterocycles. The van der Waals surface area contributed by atoms with Crippen molar-refractivity contribution in [1.82, 2.24) is 20.2 Å². The number of aromatic nitrogens is 2. The standard InChI is InChI=1S/C22H24N4O3/c1-28-18-5-4-16-20(27)19(11-14-12-25-22-15(14)3-2-6-24-22)29-21(16)17(18)13-26-9-7-23-8-10-26/h2-6,12,19,23H,7-11,13H2,1H3,(H,24,25). The average molecular weight is 392 g/mol. The van der Waals surface area contributed by atoms with E-state index < -0.39 is 6.10 Å². The number of aromatic amines is 1. The van der Waals surface area contributed by atoms with Gasteiger partial charge < -0.3 is 19.8 Å². The monoisotopic (exact) mass is 392 g/mol. The first-order valence-corrected chi connectivity index (χ1v) is 9.99. The van der Waals surface area contributed by atoms with Gasteiger partial charge in [-0.2, -0.15) is 0 Å². The molecule has 150 valence electrons. The van der Waals surface area contributed by atoms with Crippen molar-refractivity contribution in [3.8, 4) is 11.5 Å². The summed E-state index contributed by atoms with van der Waals surface area (Å²) in [4.78, 5) is 22.9. The number of nitrogens with zero attached hydrogens (tertiary/aromatic N) is 2. The van der Waals surface area contributed by atoms with Crippen LogP contribution >= 0.6 is 0 Å². The lowest BCUT2D eigenvalue weighted by atomic mass is 10.00. The molecule has 0 saturated carbocycles. The van der Waals surface area contributed by atoms with Crippen molar-refractivity contribution in [1.29, 1.82) is 0 Å². The van der Waals surface area contributed by atoms with Crippen LogP contribution in [0.25, 0.3) is 11.0 Å². The summed E-state index contributed by atoms with van der Waals surface area (Å²) in [7, 11) is 1.66. The molecular formula is C22H24N4O3. The Morgan fingerprint density at radius 1 is 1.28 bits per heavy atom. The summed E-state index contributed by atoms with van der Waals surface area (Å²) in [5.74, 6) is 1.48. The number of pyridine rings is 1. The number of benzene rings is 1. The molecule has 4 heterocycles. The lowest BCUT2D eigenvalue weighted by molar-refractivity contribution is 0.0856. The Bertz CT molecular complexity index is 1060. The molecule has 0 spiro atoms. The molecule has 1 atom stereocenters. The lowest BCUT2D eigenvalue weighted by Gasteiger charge is -2.28. The van der Waals surface area contributed by atoms with Crippen LogP contribution < -0.4 is 14.8 Å². The number of piperazine rings is 1. The highest BCUT2D eigenvalue weighted by atomic mass is 16.5. The fourth-order valence-electron chi connectivity index (χ4n) is 4.26. The van der Waals surface area contributed by atoms with Gasteiger partial charge in [-0.15, -0.1) is 0 Å². The molecule has 0 aliphatic carbocycles. The first-order valence-electron chi connectivity index (χ1n) is 9.99. The number of H-pyrrole nitrogens is 1. The Hall–Kier alpha value is -2.90. The molecule has 7 nitrogen and oxygen atoms in total. The lowest BCUT2D eigenvalue weighted by Crippen LogP contribution is -2.43. The number of Topliss-reactive ketones (excluding diaryl/α,β-unsaturated/α-hetero) is 1. The maximum Gasteiger partial charge on any atom is 0.207 e. The molecule has 1 saturated heterocycles. The predicted octanol–water partition coefficient (Wildman–Crippen LogP) is 2.16. The van der Waals surface area contributed by atoms with Crippen LogP contribution in [0.4, 0.5) is 0 Å². The van der Waals surface area contributed by atoms with E-state index >= 15 is 0 Å². The number of ketones is 1. The van der Waals surface area contributed by atoms with Crippen molar-refractivity contribution in [3.05, 3.63) is 53.3 Å². The second-order valence-electron chi connectivity index (χ2n) is 7.54. The van der Waals surface area contributed by atoms with Crippen LogP contribution in [-0.2, 0) is 13.0 Å². The number of carbonyl (C=O) groups is 1. The number of rotatable bonds is 5. The van der Waals surface area contributed by atoms with E-state index in [1.807, 2.05) is 30.5 Å². The minimum absolute atomic E-state index is 0.0301. The van der Waals surface area contributed by atoms with Crippen LogP contribution in [0.1, 0.15) is 21.5 Å². The zero-order chi connectivity index (χ0) is 19.8. The number of nitrogens with one attached hydrogen (secondary N) is 2. The molecule has 3 aromatic rings. The summed E-state index contributed by atoms with van der Waals surface area (Å²) in [5.41, 5.74) is 3.48. The SMILES string of the molecule is COc1ccc2c(c1CN1CCNCC1)OC(Cc1c[nH]c3ncccc13)C2=O. The van der Waals surface area contributed by atoms with Gasteiger partial charge in [-0.3, -0.25) is 9.69 Å². The number of methoxy groups -OCH3 is 1. The van der Waals surface area contributed by atoms with Gasteiger partial charge in [0, 0.05) is 56.9 Å². The molecule has 2 aliphatic rings. The second-order valence-corrected chi connectivity index (χ2v) is 7.54. The topological polar surface area (TPSA) is 79.5 Å². The molecular weight excluding hydrogens is 368 g/mol. The quantitative estimate of drug-likeness (QED) is 0.693. The minimum atomic E-state index is -0.530.